The average Bonchev–Trinajstić information content (AvgIpc) is 2.88. The largest absolute Gasteiger partial charge is 0.462 e. The summed E-state index contributed by atoms with van der Waals surface area (Å²) < 4.78 is 4.99. The van der Waals surface area contributed by atoms with E-state index in [1.807, 2.05) is 35.7 Å². The van der Waals surface area contributed by atoms with E-state index in [0.717, 1.165) is 5.69 Å². The van der Waals surface area contributed by atoms with Crippen LogP contribution in [0.5, 0.6) is 0 Å². The molecule has 1 heterocycles. The monoisotopic (exact) mass is 306 g/mol. The molecule has 0 aliphatic heterocycles. The molecule has 2 rings (SSSR count). The zero-order valence-corrected chi connectivity index (χ0v) is 12.5. The molecular weight excluding hydrogens is 292 g/mol. The van der Waals surface area contributed by atoms with Crippen LogP contribution in [0.1, 0.15) is 17.3 Å². The Morgan fingerprint density at radius 1 is 1.25 bits per heavy atom. The Balaban J connectivity index is 2.02. The Kier molecular flexibility index (Phi) is 5.09. The molecule has 0 amide bonds. The summed E-state index contributed by atoms with van der Waals surface area (Å²) in [6, 6.07) is 11.3. The number of anilines is 2. The molecule has 0 atom stereocenters. The van der Waals surface area contributed by atoms with E-state index in [-0.39, 0.29) is 5.97 Å². The minimum absolute atomic E-state index is 0.348. The Morgan fingerprint density at radius 3 is 2.70 bits per heavy atom. The van der Waals surface area contributed by atoms with Crippen molar-refractivity contribution in [3.05, 3.63) is 47.3 Å². The highest BCUT2D eigenvalue weighted by Crippen LogP contribution is 2.24. The Morgan fingerprint density at radius 2 is 2.00 bits per heavy atom. The fourth-order valence-electron chi connectivity index (χ4n) is 1.56. The van der Waals surface area contributed by atoms with Gasteiger partial charge in [-0.2, -0.15) is 0 Å². The van der Waals surface area contributed by atoms with Gasteiger partial charge in [0, 0.05) is 5.69 Å². The van der Waals surface area contributed by atoms with Gasteiger partial charge in [0.1, 0.15) is 5.00 Å². The van der Waals surface area contributed by atoms with Crippen molar-refractivity contribution in [1.82, 2.24) is 0 Å². The zero-order chi connectivity index (χ0) is 14.4. The number of ether oxygens (including phenoxy) is 1. The molecule has 0 aliphatic rings. The minimum atomic E-state index is -0.348. The molecule has 20 heavy (non-hydrogen) atoms. The Hall–Kier alpha value is -1.92. The van der Waals surface area contributed by atoms with Gasteiger partial charge in [0.15, 0.2) is 5.11 Å². The summed E-state index contributed by atoms with van der Waals surface area (Å²) in [5.74, 6) is -0.348. The molecule has 2 N–H and O–H groups in total. The lowest BCUT2D eigenvalue weighted by Crippen LogP contribution is -2.20. The molecule has 0 radical (unpaired) electrons. The van der Waals surface area contributed by atoms with Gasteiger partial charge in [-0.1, -0.05) is 18.2 Å². The predicted molar refractivity (Wildman–Crippen MR) is 86.6 cm³/mol. The van der Waals surface area contributed by atoms with Crippen LogP contribution in [0.3, 0.4) is 0 Å². The second kappa shape index (κ2) is 7.02. The summed E-state index contributed by atoms with van der Waals surface area (Å²) in [7, 11) is 0. The van der Waals surface area contributed by atoms with Crippen LogP contribution in [0, 0.1) is 0 Å². The fourth-order valence-corrected chi connectivity index (χ4v) is 2.63. The summed E-state index contributed by atoms with van der Waals surface area (Å²) in [5.41, 5.74) is 1.38. The third-order valence-corrected chi connectivity index (χ3v) is 3.45. The predicted octanol–water partition coefficient (Wildman–Crippen LogP) is 3.73. The molecule has 0 unspecified atom stereocenters. The SMILES string of the molecule is CCOC(=O)c1ccsc1NC(=S)Nc1ccccc1. The molecule has 104 valence electrons. The fraction of sp³-hybridized carbons (Fsp3) is 0.143. The average molecular weight is 306 g/mol. The van der Waals surface area contributed by atoms with Gasteiger partial charge in [0.05, 0.1) is 12.2 Å². The smallest absolute Gasteiger partial charge is 0.341 e. The second-order valence-corrected chi connectivity index (χ2v) is 5.15. The molecule has 0 spiro atoms. The Labute approximate surface area is 126 Å². The maximum atomic E-state index is 11.7. The summed E-state index contributed by atoms with van der Waals surface area (Å²) >= 11 is 6.63. The van der Waals surface area contributed by atoms with E-state index in [1.165, 1.54) is 11.3 Å². The van der Waals surface area contributed by atoms with Gasteiger partial charge in [-0.15, -0.1) is 11.3 Å². The first kappa shape index (κ1) is 14.5. The van der Waals surface area contributed by atoms with E-state index in [1.54, 1.807) is 13.0 Å². The van der Waals surface area contributed by atoms with Gasteiger partial charge in [-0.3, -0.25) is 0 Å². The number of esters is 1. The van der Waals surface area contributed by atoms with Crippen LogP contribution in [0.25, 0.3) is 0 Å². The third kappa shape index (κ3) is 3.79. The van der Waals surface area contributed by atoms with E-state index in [0.29, 0.717) is 22.3 Å². The van der Waals surface area contributed by atoms with Gasteiger partial charge < -0.3 is 15.4 Å². The van der Waals surface area contributed by atoms with E-state index in [9.17, 15) is 4.79 Å². The van der Waals surface area contributed by atoms with Crippen LogP contribution in [-0.4, -0.2) is 17.7 Å². The van der Waals surface area contributed by atoms with Crippen LogP contribution in [0.4, 0.5) is 10.7 Å². The number of thiophene rings is 1. The van der Waals surface area contributed by atoms with Crippen molar-refractivity contribution in [2.75, 3.05) is 17.2 Å². The highest BCUT2D eigenvalue weighted by atomic mass is 32.1. The van der Waals surface area contributed by atoms with Gasteiger partial charge in [0.25, 0.3) is 0 Å². The Bertz CT molecular complexity index is 596. The van der Waals surface area contributed by atoms with Crippen molar-refractivity contribution in [2.24, 2.45) is 0 Å². The number of hydrogen-bond donors (Lipinski definition) is 2. The van der Waals surface area contributed by atoms with Crippen LogP contribution < -0.4 is 10.6 Å². The molecule has 4 nitrogen and oxygen atoms in total. The molecule has 0 bridgehead atoms. The number of nitrogens with one attached hydrogen (secondary N) is 2. The summed E-state index contributed by atoms with van der Waals surface area (Å²) in [5, 5.41) is 9.00. The van der Waals surface area contributed by atoms with E-state index < -0.39 is 0 Å². The zero-order valence-electron chi connectivity index (χ0n) is 10.9. The standard InChI is InChI=1S/C14H14N2O2S2/c1-2-18-13(17)11-8-9-20-12(11)16-14(19)15-10-6-4-3-5-7-10/h3-9H,2H2,1H3,(H2,15,16,19). The van der Waals surface area contributed by atoms with Crippen LogP contribution in [-0.2, 0) is 4.74 Å². The van der Waals surface area contributed by atoms with Crippen LogP contribution in [0.15, 0.2) is 41.8 Å². The molecular formula is C14H14N2O2S2. The van der Waals surface area contributed by atoms with Crippen molar-refractivity contribution >= 4 is 45.3 Å². The molecule has 1 aromatic heterocycles. The van der Waals surface area contributed by atoms with Crippen molar-refractivity contribution in [2.45, 2.75) is 6.92 Å². The number of carbonyl (C=O) groups is 1. The number of benzene rings is 1. The molecule has 0 fully saturated rings. The third-order valence-electron chi connectivity index (χ3n) is 2.42. The van der Waals surface area contributed by atoms with Gasteiger partial charge in [-0.05, 0) is 42.7 Å². The molecule has 0 saturated carbocycles. The highest BCUT2D eigenvalue weighted by Gasteiger charge is 2.14. The van der Waals surface area contributed by atoms with Gasteiger partial charge in [-0.25, -0.2) is 4.79 Å². The molecule has 2 aromatic rings. The van der Waals surface area contributed by atoms with Crippen molar-refractivity contribution in [3.8, 4) is 0 Å². The lowest BCUT2D eigenvalue weighted by atomic mass is 10.3. The molecule has 6 heteroatoms. The minimum Gasteiger partial charge on any atom is -0.462 e. The second-order valence-electron chi connectivity index (χ2n) is 3.83. The van der Waals surface area contributed by atoms with E-state index in [2.05, 4.69) is 10.6 Å². The lowest BCUT2D eigenvalue weighted by Gasteiger charge is -2.10. The summed E-state index contributed by atoms with van der Waals surface area (Å²) in [4.78, 5) is 11.7. The first-order valence-corrected chi connectivity index (χ1v) is 7.37. The first-order valence-electron chi connectivity index (χ1n) is 6.08. The van der Waals surface area contributed by atoms with E-state index in [4.69, 9.17) is 17.0 Å². The number of rotatable bonds is 4. The van der Waals surface area contributed by atoms with Crippen molar-refractivity contribution in [1.29, 1.82) is 0 Å². The summed E-state index contributed by atoms with van der Waals surface area (Å²) in [6.07, 6.45) is 0. The molecule has 0 aliphatic carbocycles. The molecule has 1 aromatic carbocycles. The number of hydrogen-bond acceptors (Lipinski definition) is 4. The van der Waals surface area contributed by atoms with Crippen LogP contribution in [0.2, 0.25) is 0 Å². The van der Waals surface area contributed by atoms with Crippen molar-refractivity contribution in [3.63, 3.8) is 0 Å². The topological polar surface area (TPSA) is 50.4 Å². The number of thiocarbonyl (C=S) groups is 1. The maximum Gasteiger partial charge on any atom is 0.341 e. The first-order chi connectivity index (χ1) is 9.70. The number of para-hydroxylation sites is 1. The maximum absolute atomic E-state index is 11.7. The number of carbonyl (C=O) groups excluding carboxylic acids is 1. The van der Waals surface area contributed by atoms with Gasteiger partial charge in [0.2, 0.25) is 0 Å². The van der Waals surface area contributed by atoms with Crippen molar-refractivity contribution < 1.29 is 9.53 Å². The summed E-state index contributed by atoms with van der Waals surface area (Å²) in [6.45, 7) is 2.12. The van der Waals surface area contributed by atoms with Crippen LogP contribution >= 0.6 is 23.6 Å². The van der Waals surface area contributed by atoms with E-state index >= 15 is 0 Å². The highest BCUT2D eigenvalue weighted by molar-refractivity contribution is 7.80. The quantitative estimate of drug-likeness (QED) is 0.666. The molecule has 0 saturated heterocycles. The van der Waals surface area contributed by atoms with Gasteiger partial charge >= 0.3 is 5.97 Å². The normalized spacial score (nSPS) is 9.85. The lowest BCUT2D eigenvalue weighted by molar-refractivity contribution is 0.0528.